The van der Waals surface area contributed by atoms with Crippen LogP contribution in [0.1, 0.15) is 31.9 Å². The lowest BCUT2D eigenvalue weighted by Gasteiger charge is -2.28. The van der Waals surface area contributed by atoms with E-state index in [4.69, 9.17) is 5.11 Å². The van der Waals surface area contributed by atoms with Gasteiger partial charge in [-0.1, -0.05) is 12.1 Å². The first-order chi connectivity index (χ1) is 8.65. The number of hydrogen-bond donors (Lipinski definition) is 2. The average Bonchev–Trinajstić information content (AvgIpc) is 2.40. The van der Waals surface area contributed by atoms with Gasteiger partial charge in [-0.05, 0) is 38.9 Å². The summed E-state index contributed by atoms with van der Waals surface area (Å²) >= 11 is 0. The van der Waals surface area contributed by atoms with Crippen molar-refractivity contribution in [3.8, 4) is 0 Å². The number of nitrogens with zero attached hydrogens (tertiary/aromatic N) is 1. The van der Waals surface area contributed by atoms with Gasteiger partial charge in [0.2, 0.25) is 0 Å². The van der Waals surface area contributed by atoms with Gasteiger partial charge in [0.25, 0.3) is 0 Å². The summed E-state index contributed by atoms with van der Waals surface area (Å²) in [6.07, 6.45) is 0.648. The van der Waals surface area contributed by atoms with E-state index in [0.717, 1.165) is 12.1 Å². The van der Waals surface area contributed by atoms with Crippen molar-refractivity contribution in [3.05, 3.63) is 29.6 Å². The maximum atomic E-state index is 14.1. The van der Waals surface area contributed by atoms with Crippen molar-refractivity contribution in [1.82, 2.24) is 5.32 Å². The Hall–Kier alpha value is -1.13. The van der Waals surface area contributed by atoms with Crippen LogP contribution in [0.2, 0.25) is 0 Å². The maximum absolute atomic E-state index is 14.1. The van der Waals surface area contributed by atoms with Gasteiger partial charge in [-0.15, -0.1) is 0 Å². The molecule has 0 spiro atoms. The van der Waals surface area contributed by atoms with Gasteiger partial charge in [0.1, 0.15) is 5.82 Å². The first-order valence-electron chi connectivity index (χ1n) is 6.47. The number of anilines is 1. The molecule has 4 heteroatoms. The summed E-state index contributed by atoms with van der Waals surface area (Å²) in [6.45, 7) is 5.53. The summed E-state index contributed by atoms with van der Waals surface area (Å²) in [5, 5.41) is 12.1. The lowest BCUT2D eigenvalue weighted by molar-refractivity contribution is 0.289. The molecule has 1 unspecified atom stereocenters. The fraction of sp³-hybridized carbons (Fsp3) is 0.571. The van der Waals surface area contributed by atoms with Crippen LogP contribution in [0.25, 0.3) is 0 Å². The second-order valence-electron chi connectivity index (χ2n) is 4.34. The van der Waals surface area contributed by atoms with Crippen LogP contribution in [0.15, 0.2) is 18.2 Å². The van der Waals surface area contributed by atoms with Gasteiger partial charge < -0.3 is 15.3 Å². The first-order valence-corrected chi connectivity index (χ1v) is 6.47. The molecule has 1 aromatic carbocycles. The van der Waals surface area contributed by atoms with E-state index in [1.165, 1.54) is 6.07 Å². The molecule has 0 radical (unpaired) electrons. The molecule has 0 saturated heterocycles. The smallest absolute Gasteiger partial charge is 0.146 e. The Morgan fingerprint density at radius 2 is 2.17 bits per heavy atom. The van der Waals surface area contributed by atoms with Gasteiger partial charge in [0.15, 0.2) is 0 Å². The largest absolute Gasteiger partial charge is 0.396 e. The number of aliphatic hydroxyl groups excluding tert-OH is 1. The second-order valence-corrected chi connectivity index (χ2v) is 4.34. The summed E-state index contributed by atoms with van der Waals surface area (Å²) < 4.78 is 14.1. The van der Waals surface area contributed by atoms with Crippen molar-refractivity contribution in [2.24, 2.45) is 0 Å². The Kier molecular flexibility index (Phi) is 6.09. The quantitative estimate of drug-likeness (QED) is 0.784. The second kappa shape index (κ2) is 7.34. The lowest BCUT2D eigenvalue weighted by Crippen LogP contribution is -2.28. The highest BCUT2D eigenvalue weighted by Gasteiger charge is 2.17. The molecular weight excluding hydrogens is 231 g/mol. The van der Waals surface area contributed by atoms with E-state index >= 15 is 0 Å². The summed E-state index contributed by atoms with van der Waals surface area (Å²) in [5.41, 5.74) is 1.60. The summed E-state index contributed by atoms with van der Waals surface area (Å²) in [5.74, 6) is -0.200. The number of benzene rings is 1. The van der Waals surface area contributed by atoms with Crippen LogP contribution in [-0.2, 0) is 0 Å². The van der Waals surface area contributed by atoms with Crippen LogP contribution in [0.5, 0.6) is 0 Å². The predicted octanol–water partition coefficient (Wildman–Crippen LogP) is 2.31. The SMILES string of the molecule is CCN(CCCO)c1c(F)cccc1C(C)NC. The summed E-state index contributed by atoms with van der Waals surface area (Å²) in [6, 6.07) is 5.27. The molecule has 3 nitrogen and oxygen atoms in total. The summed E-state index contributed by atoms with van der Waals surface area (Å²) in [4.78, 5) is 1.98. The van der Waals surface area contributed by atoms with Crippen LogP contribution in [0.3, 0.4) is 0 Å². The molecule has 102 valence electrons. The monoisotopic (exact) mass is 254 g/mol. The number of para-hydroxylation sites is 1. The van der Waals surface area contributed by atoms with Crippen molar-refractivity contribution >= 4 is 5.69 Å². The van der Waals surface area contributed by atoms with E-state index in [0.29, 0.717) is 18.7 Å². The standard InChI is InChI=1S/C14H23FN2O/c1-4-17(9-6-10-18)14-12(11(2)16-3)7-5-8-13(14)15/h5,7-8,11,16,18H,4,6,9-10H2,1-3H3. The number of halogens is 1. The molecule has 0 bridgehead atoms. The third-order valence-electron chi connectivity index (χ3n) is 3.20. The van der Waals surface area contributed by atoms with Crippen molar-refractivity contribution in [1.29, 1.82) is 0 Å². The molecule has 1 aromatic rings. The van der Waals surface area contributed by atoms with Crippen molar-refractivity contribution in [2.45, 2.75) is 26.3 Å². The van der Waals surface area contributed by atoms with Gasteiger partial charge >= 0.3 is 0 Å². The fourth-order valence-electron chi connectivity index (χ4n) is 2.06. The molecule has 0 amide bonds. The molecule has 2 N–H and O–H groups in total. The van der Waals surface area contributed by atoms with Crippen LogP contribution in [0.4, 0.5) is 10.1 Å². The normalized spacial score (nSPS) is 12.5. The minimum absolute atomic E-state index is 0.0962. The minimum Gasteiger partial charge on any atom is -0.396 e. The highest BCUT2D eigenvalue weighted by atomic mass is 19.1. The topological polar surface area (TPSA) is 35.5 Å². The van der Waals surface area contributed by atoms with Gasteiger partial charge in [-0.2, -0.15) is 0 Å². The number of nitrogens with one attached hydrogen (secondary N) is 1. The molecule has 0 saturated carbocycles. The van der Waals surface area contributed by atoms with Crippen molar-refractivity contribution in [3.63, 3.8) is 0 Å². The van der Waals surface area contributed by atoms with E-state index in [2.05, 4.69) is 5.32 Å². The first kappa shape index (κ1) is 14.9. The van der Waals surface area contributed by atoms with E-state index in [1.807, 2.05) is 31.9 Å². The zero-order valence-corrected chi connectivity index (χ0v) is 11.4. The Bertz CT molecular complexity index is 371. The van der Waals surface area contributed by atoms with E-state index < -0.39 is 0 Å². The fourth-order valence-corrected chi connectivity index (χ4v) is 2.06. The van der Waals surface area contributed by atoms with Crippen LogP contribution in [-0.4, -0.2) is 31.9 Å². The Labute approximate surface area is 109 Å². The average molecular weight is 254 g/mol. The zero-order valence-electron chi connectivity index (χ0n) is 11.4. The lowest BCUT2D eigenvalue weighted by atomic mass is 10.0. The Balaban J connectivity index is 3.10. The molecule has 1 rings (SSSR count). The number of aliphatic hydroxyl groups is 1. The van der Waals surface area contributed by atoms with E-state index in [1.54, 1.807) is 6.07 Å². The zero-order chi connectivity index (χ0) is 13.5. The van der Waals surface area contributed by atoms with Crippen molar-refractivity contribution in [2.75, 3.05) is 31.6 Å². The molecule has 0 aromatic heterocycles. The van der Waals surface area contributed by atoms with Crippen LogP contribution in [0, 0.1) is 5.82 Å². The summed E-state index contributed by atoms with van der Waals surface area (Å²) in [7, 11) is 1.86. The van der Waals surface area contributed by atoms with Gasteiger partial charge in [-0.25, -0.2) is 4.39 Å². The molecule has 0 heterocycles. The maximum Gasteiger partial charge on any atom is 0.146 e. The van der Waals surface area contributed by atoms with E-state index in [-0.39, 0.29) is 18.5 Å². The number of rotatable bonds is 7. The molecular formula is C14H23FN2O. The molecule has 0 aliphatic carbocycles. The molecule has 0 aliphatic heterocycles. The van der Waals surface area contributed by atoms with Crippen molar-refractivity contribution < 1.29 is 9.50 Å². The molecule has 18 heavy (non-hydrogen) atoms. The highest BCUT2D eigenvalue weighted by Crippen LogP contribution is 2.29. The van der Waals surface area contributed by atoms with Crippen LogP contribution >= 0.6 is 0 Å². The third kappa shape index (κ3) is 3.43. The highest BCUT2D eigenvalue weighted by molar-refractivity contribution is 5.56. The van der Waals surface area contributed by atoms with Crippen LogP contribution < -0.4 is 10.2 Å². The van der Waals surface area contributed by atoms with Gasteiger partial charge in [0, 0.05) is 25.7 Å². The Morgan fingerprint density at radius 3 is 2.72 bits per heavy atom. The van der Waals surface area contributed by atoms with Gasteiger partial charge in [-0.3, -0.25) is 0 Å². The molecule has 0 fully saturated rings. The molecule has 1 atom stereocenters. The predicted molar refractivity (Wildman–Crippen MR) is 73.5 cm³/mol. The third-order valence-corrected chi connectivity index (χ3v) is 3.20. The van der Waals surface area contributed by atoms with E-state index in [9.17, 15) is 4.39 Å². The minimum atomic E-state index is -0.200. The van der Waals surface area contributed by atoms with Gasteiger partial charge in [0.05, 0.1) is 5.69 Å². The number of hydrogen-bond acceptors (Lipinski definition) is 3. The molecule has 0 aliphatic rings. The Morgan fingerprint density at radius 1 is 1.44 bits per heavy atom.